The van der Waals surface area contributed by atoms with Crippen LogP contribution >= 0.6 is 0 Å². The summed E-state index contributed by atoms with van der Waals surface area (Å²) in [6.45, 7) is 2.59. The maximum Gasteiger partial charge on any atom is 0.317 e. The van der Waals surface area contributed by atoms with Gasteiger partial charge in [0, 0.05) is 31.4 Å². The van der Waals surface area contributed by atoms with Gasteiger partial charge in [-0.15, -0.1) is 0 Å². The summed E-state index contributed by atoms with van der Waals surface area (Å²) in [5.41, 5.74) is 1.61. The molecule has 1 N–H and O–H groups in total. The van der Waals surface area contributed by atoms with Gasteiger partial charge in [0.15, 0.2) is 0 Å². The van der Waals surface area contributed by atoms with E-state index < -0.39 is 0 Å². The smallest absolute Gasteiger partial charge is 0.317 e. The Labute approximate surface area is 147 Å². The fourth-order valence-corrected chi connectivity index (χ4v) is 2.94. The van der Waals surface area contributed by atoms with E-state index in [-0.39, 0.29) is 12.1 Å². The normalized spacial score (nSPS) is 14.5. The van der Waals surface area contributed by atoms with Gasteiger partial charge in [-0.3, -0.25) is 0 Å². The third-order valence-electron chi connectivity index (χ3n) is 4.28. The highest BCUT2D eigenvalue weighted by Crippen LogP contribution is 2.24. The molecular weight excluding hydrogens is 320 g/mol. The van der Waals surface area contributed by atoms with Gasteiger partial charge in [0.1, 0.15) is 17.6 Å². The predicted octanol–water partition coefficient (Wildman–Crippen LogP) is 3.04. The van der Waals surface area contributed by atoms with Crippen LogP contribution in [0, 0.1) is 6.92 Å². The van der Waals surface area contributed by atoms with Crippen LogP contribution in [0.2, 0.25) is 0 Å². The van der Waals surface area contributed by atoms with Crippen molar-refractivity contribution in [3.63, 3.8) is 0 Å². The maximum atomic E-state index is 12.3. The van der Waals surface area contributed by atoms with Crippen LogP contribution in [0.4, 0.5) is 4.79 Å². The van der Waals surface area contributed by atoms with Gasteiger partial charge < -0.3 is 19.5 Å². The number of amides is 2. The molecule has 2 aromatic heterocycles. The lowest BCUT2D eigenvalue weighted by Crippen LogP contribution is -2.36. The van der Waals surface area contributed by atoms with Crippen molar-refractivity contribution in [3.05, 3.63) is 41.4 Å². The molecule has 0 bridgehead atoms. The van der Waals surface area contributed by atoms with E-state index in [0.717, 1.165) is 29.9 Å². The molecule has 1 aliphatic carbocycles. The molecule has 0 atom stereocenters. The minimum Gasteiger partial charge on any atom is -0.474 e. The van der Waals surface area contributed by atoms with Gasteiger partial charge in [-0.25, -0.2) is 9.78 Å². The van der Waals surface area contributed by atoms with Crippen molar-refractivity contribution >= 4 is 6.03 Å². The number of pyridine rings is 1. The Balaban J connectivity index is 1.54. The first-order valence-electron chi connectivity index (χ1n) is 8.63. The molecule has 7 nitrogen and oxygen atoms in total. The van der Waals surface area contributed by atoms with Gasteiger partial charge in [-0.05, 0) is 38.7 Å². The molecular formula is C18H24N4O3. The molecule has 2 heterocycles. The number of hydrogen-bond acceptors (Lipinski definition) is 5. The van der Waals surface area contributed by atoms with E-state index in [2.05, 4.69) is 15.5 Å². The molecule has 7 heteroatoms. The zero-order chi connectivity index (χ0) is 17.6. The lowest BCUT2D eigenvalue weighted by Gasteiger charge is -2.18. The van der Waals surface area contributed by atoms with E-state index >= 15 is 0 Å². The van der Waals surface area contributed by atoms with E-state index in [1.54, 1.807) is 18.1 Å². The number of aryl methyl sites for hydroxylation is 1. The monoisotopic (exact) mass is 344 g/mol. The second-order valence-corrected chi connectivity index (χ2v) is 6.44. The standard InChI is InChI=1S/C18H24N4O3/c1-13-10-15(21-25-13)12-22(2)18(23)20-11-14-6-5-9-19-17(14)24-16-7-3-4-8-16/h5-6,9-10,16H,3-4,7-8,11-12H2,1-2H3,(H,20,23). The molecule has 0 radical (unpaired) electrons. The van der Waals surface area contributed by atoms with Gasteiger partial charge in [0.25, 0.3) is 0 Å². The van der Waals surface area contributed by atoms with Crippen LogP contribution < -0.4 is 10.1 Å². The van der Waals surface area contributed by atoms with E-state index in [1.165, 1.54) is 12.8 Å². The van der Waals surface area contributed by atoms with Crippen LogP contribution in [0.3, 0.4) is 0 Å². The average Bonchev–Trinajstić information content (AvgIpc) is 3.25. The van der Waals surface area contributed by atoms with Crippen molar-refractivity contribution in [2.24, 2.45) is 0 Å². The number of ether oxygens (including phenoxy) is 1. The lowest BCUT2D eigenvalue weighted by atomic mass is 10.2. The van der Waals surface area contributed by atoms with Crippen LogP contribution in [-0.4, -0.2) is 34.2 Å². The van der Waals surface area contributed by atoms with Crippen molar-refractivity contribution in [2.75, 3.05) is 7.05 Å². The number of urea groups is 1. The summed E-state index contributed by atoms with van der Waals surface area (Å²) >= 11 is 0. The number of nitrogens with zero attached hydrogens (tertiary/aromatic N) is 3. The highest BCUT2D eigenvalue weighted by atomic mass is 16.5. The molecule has 0 unspecified atom stereocenters. The van der Waals surface area contributed by atoms with Crippen LogP contribution in [0.1, 0.15) is 42.7 Å². The van der Waals surface area contributed by atoms with Crippen LogP contribution in [0.25, 0.3) is 0 Å². The number of carbonyl (C=O) groups excluding carboxylic acids is 1. The van der Waals surface area contributed by atoms with Crippen molar-refractivity contribution in [1.29, 1.82) is 0 Å². The Morgan fingerprint density at radius 1 is 1.44 bits per heavy atom. The minimum absolute atomic E-state index is 0.184. The second-order valence-electron chi connectivity index (χ2n) is 6.44. The molecule has 1 aliphatic rings. The van der Waals surface area contributed by atoms with Gasteiger partial charge >= 0.3 is 6.03 Å². The Morgan fingerprint density at radius 2 is 2.24 bits per heavy atom. The molecule has 0 saturated heterocycles. The quantitative estimate of drug-likeness (QED) is 0.871. The third kappa shape index (κ3) is 4.71. The second kappa shape index (κ2) is 8.00. The highest BCUT2D eigenvalue weighted by Gasteiger charge is 2.19. The number of carbonyl (C=O) groups is 1. The Hall–Kier alpha value is -2.57. The van der Waals surface area contributed by atoms with Crippen molar-refractivity contribution in [2.45, 2.75) is 51.8 Å². The summed E-state index contributed by atoms with van der Waals surface area (Å²) < 4.78 is 11.0. The fraction of sp³-hybridized carbons (Fsp3) is 0.500. The van der Waals surface area contributed by atoms with Gasteiger partial charge in [0.05, 0.1) is 6.54 Å². The van der Waals surface area contributed by atoms with Crippen LogP contribution in [0.15, 0.2) is 28.9 Å². The summed E-state index contributed by atoms with van der Waals surface area (Å²) in [6, 6.07) is 5.42. The highest BCUT2D eigenvalue weighted by molar-refractivity contribution is 5.73. The Morgan fingerprint density at radius 3 is 2.96 bits per heavy atom. The van der Waals surface area contributed by atoms with E-state index in [4.69, 9.17) is 9.26 Å². The van der Waals surface area contributed by atoms with E-state index in [1.807, 2.05) is 25.1 Å². The summed E-state index contributed by atoms with van der Waals surface area (Å²) in [5.74, 6) is 1.34. The zero-order valence-electron chi connectivity index (χ0n) is 14.7. The van der Waals surface area contributed by atoms with Crippen LogP contribution in [0.5, 0.6) is 5.88 Å². The molecule has 1 fully saturated rings. The first-order valence-corrected chi connectivity index (χ1v) is 8.63. The average molecular weight is 344 g/mol. The number of nitrogens with one attached hydrogen (secondary N) is 1. The van der Waals surface area contributed by atoms with Gasteiger partial charge in [-0.2, -0.15) is 0 Å². The molecule has 3 rings (SSSR count). The lowest BCUT2D eigenvalue weighted by molar-refractivity contribution is 0.196. The molecule has 2 aromatic rings. The van der Waals surface area contributed by atoms with Crippen molar-refractivity contribution in [3.8, 4) is 5.88 Å². The molecule has 0 aromatic carbocycles. The SMILES string of the molecule is Cc1cc(CN(C)C(=O)NCc2cccnc2OC2CCCC2)no1. The topological polar surface area (TPSA) is 80.5 Å². The molecule has 0 aliphatic heterocycles. The summed E-state index contributed by atoms with van der Waals surface area (Å²) in [6.07, 6.45) is 6.51. The molecule has 0 spiro atoms. The molecule has 25 heavy (non-hydrogen) atoms. The number of hydrogen-bond donors (Lipinski definition) is 1. The van der Waals surface area contributed by atoms with Gasteiger partial charge in [-0.1, -0.05) is 11.2 Å². The predicted molar refractivity (Wildman–Crippen MR) is 92.1 cm³/mol. The number of aromatic nitrogens is 2. The minimum atomic E-state index is -0.184. The summed E-state index contributed by atoms with van der Waals surface area (Å²) in [7, 11) is 1.72. The largest absolute Gasteiger partial charge is 0.474 e. The number of rotatable bonds is 6. The first-order chi connectivity index (χ1) is 12.1. The summed E-state index contributed by atoms with van der Waals surface area (Å²) in [5, 5.41) is 6.80. The van der Waals surface area contributed by atoms with Crippen LogP contribution in [-0.2, 0) is 13.1 Å². The van der Waals surface area contributed by atoms with E-state index in [9.17, 15) is 4.79 Å². The van der Waals surface area contributed by atoms with Gasteiger partial charge in [0.2, 0.25) is 5.88 Å². The molecule has 1 saturated carbocycles. The zero-order valence-corrected chi connectivity index (χ0v) is 14.7. The summed E-state index contributed by atoms with van der Waals surface area (Å²) in [4.78, 5) is 18.2. The Kier molecular flexibility index (Phi) is 5.53. The van der Waals surface area contributed by atoms with Crippen molar-refractivity contribution < 1.29 is 14.1 Å². The first kappa shape index (κ1) is 17.3. The molecule has 2 amide bonds. The molecule has 134 valence electrons. The Bertz CT molecular complexity index is 710. The van der Waals surface area contributed by atoms with Crippen molar-refractivity contribution in [1.82, 2.24) is 20.4 Å². The fourth-order valence-electron chi connectivity index (χ4n) is 2.94. The maximum absolute atomic E-state index is 12.3. The van der Waals surface area contributed by atoms with E-state index in [0.29, 0.717) is 19.0 Å². The third-order valence-corrected chi connectivity index (χ3v) is 4.28.